The molecule has 1 N–H and O–H groups in total. The zero-order valence-corrected chi connectivity index (χ0v) is 11.6. The van der Waals surface area contributed by atoms with E-state index in [2.05, 4.69) is 21.0 Å². The zero-order valence-electron chi connectivity index (χ0n) is 9.98. The SMILES string of the molecule is CCn1ncc(Br)c1C(O)Cc1cccc(F)c1. The molecule has 0 bridgehead atoms. The maximum absolute atomic E-state index is 13.1. The fourth-order valence-corrected chi connectivity index (χ4v) is 2.50. The first kappa shape index (κ1) is 13.2. The third-order valence-electron chi connectivity index (χ3n) is 2.77. The van der Waals surface area contributed by atoms with Crippen molar-refractivity contribution in [3.8, 4) is 0 Å². The van der Waals surface area contributed by atoms with E-state index < -0.39 is 6.10 Å². The molecule has 18 heavy (non-hydrogen) atoms. The van der Waals surface area contributed by atoms with Crippen LogP contribution in [0.5, 0.6) is 0 Å². The summed E-state index contributed by atoms with van der Waals surface area (Å²) >= 11 is 3.37. The van der Waals surface area contributed by atoms with Crippen LogP contribution in [0.2, 0.25) is 0 Å². The van der Waals surface area contributed by atoms with Gasteiger partial charge < -0.3 is 5.11 Å². The van der Waals surface area contributed by atoms with E-state index in [1.165, 1.54) is 12.1 Å². The Morgan fingerprint density at radius 3 is 2.94 bits per heavy atom. The number of aromatic nitrogens is 2. The molecule has 0 fully saturated rings. The normalized spacial score (nSPS) is 12.7. The molecule has 1 atom stereocenters. The van der Waals surface area contributed by atoms with Gasteiger partial charge in [0.1, 0.15) is 11.9 Å². The van der Waals surface area contributed by atoms with Gasteiger partial charge in [-0.3, -0.25) is 4.68 Å². The van der Waals surface area contributed by atoms with Crippen molar-refractivity contribution in [2.24, 2.45) is 0 Å². The highest BCUT2D eigenvalue weighted by Gasteiger charge is 2.17. The van der Waals surface area contributed by atoms with Crippen LogP contribution in [-0.4, -0.2) is 14.9 Å². The number of aryl methyl sites for hydroxylation is 1. The van der Waals surface area contributed by atoms with Crippen molar-refractivity contribution in [3.63, 3.8) is 0 Å². The average Bonchev–Trinajstić information content (AvgIpc) is 2.70. The molecule has 3 nitrogen and oxygen atoms in total. The van der Waals surface area contributed by atoms with E-state index in [4.69, 9.17) is 0 Å². The van der Waals surface area contributed by atoms with Crippen LogP contribution in [0.4, 0.5) is 4.39 Å². The lowest BCUT2D eigenvalue weighted by molar-refractivity contribution is 0.166. The van der Waals surface area contributed by atoms with Crippen molar-refractivity contribution in [1.82, 2.24) is 9.78 Å². The molecule has 0 amide bonds. The Bertz CT molecular complexity index is 542. The summed E-state index contributed by atoms with van der Waals surface area (Å²) in [6.07, 6.45) is 1.32. The molecule has 1 unspecified atom stereocenters. The molecule has 0 radical (unpaired) electrons. The summed E-state index contributed by atoms with van der Waals surface area (Å²) in [5, 5.41) is 14.4. The second-order valence-corrected chi connectivity index (χ2v) is 4.90. The van der Waals surface area contributed by atoms with Crippen LogP contribution in [0.15, 0.2) is 34.9 Å². The van der Waals surface area contributed by atoms with Crippen molar-refractivity contribution in [2.75, 3.05) is 0 Å². The highest BCUT2D eigenvalue weighted by atomic mass is 79.9. The molecule has 0 aliphatic carbocycles. The van der Waals surface area contributed by atoms with E-state index in [1.54, 1.807) is 23.0 Å². The predicted molar refractivity (Wildman–Crippen MR) is 70.7 cm³/mol. The number of hydrogen-bond acceptors (Lipinski definition) is 2. The molecule has 1 aromatic heterocycles. The molecule has 96 valence electrons. The van der Waals surface area contributed by atoms with Crippen LogP contribution in [-0.2, 0) is 13.0 Å². The monoisotopic (exact) mass is 312 g/mol. The average molecular weight is 313 g/mol. The maximum Gasteiger partial charge on any atom is 0.123 e. The van der Waals surface area contributed by atoms with Crippen LogP contribution < -0.4 is 0 Å². The van der Waals surface area contributed by atoms with Gasteiger partial charge in [-0.1, -0.05) is 12.1 Å². The fourth-order valence-electron chi connectivity index (χ4n) is 1.94. The fraction of sp³-hybridized carbons (Fsp3) is 0.308. The van der Waals surface area contributed by atoms with E-state index in [9.17, 15) is 9.50 Å². The number of benzene rings is 1. The standard InChI is InChI=1S/C13H14BrFN2O/c1-2-17-13(11(14)8-16-17)12(18)7-9-4-3-5-10(15)6-9/h3-6,8,12,18H,2,7H2,1H3. The summed E-state index contributed by atoms with van der Waals surface area (Å²) < 4.78 is 15.6. The quantitative estimate of drug-likeness (QED) is 0.942. The third-order valence-corrected chi connectivity index (χ3v) is 3.38. The van der Waals surface area contributed by atoms with Crippen molar-refractivity contribution in [2.45, 2.75) is 26.0 Å². The largest absolute Gasteiger partial charge is 0.386 e. The Hall–Kier alpha value is -1.20. The molecule has 0 aliphatic rings. The minimum atomic E-state index is -0.705. The van der Waals surface area contributed by atoms with Gasteiger partial charge in [0, 0.05) is 13.0 Å². The van der Waals surface area contributed by atoms with Gasteiger partial charge in [0.15, 0.2) is 0 Å². The Balaban J connectivity index is 2.21. The molecule has 0 saturated heterocycles. The molecule has 0 spiro atoms. The topological polar surface area (TPSA) is 38.0 Å². The van der Waals surface area contributed by atoms with Crippen LogP contribution in [0.1, 0.15) is 24.3 Å². The maximum atomic E-state index is 13.1. The van der Waals surface area contributed by atoms with Gasteiger partial charge in [0.25, 0.3) is 0 Å². The lowest BCUT2D eigenvalue weighted by Crippen LogP contribution is -2.10. The molecule has 2 rings (SSSR count). The molecule has 0 saturated carbocycles. The lowest BCUT2D eigenvalue weighted by atomic mass is 10.1. The Kier molecular flexibility index (Phi) is 4.14. The van der Waals surface area contributed by atoms with Crippen molar-refractivity contribution < 1.29 is 9.50 Å². The highest BCUT2D eigenvalue weighted by molar-refractivity contribution is 9.10. The Labute approximate surface area is 113 Å². The first-order chi connectivity index (χ1) is 8.61. The van der Waals surface area contributed by atoms with E-state index in [0.29, 0.717) is 13.0 Å². The van der Waals surface area contributed by atoms with Gasteiger partial charge in [0.2, 0.25) is 0 Å². The van der Waals surface area contributed by atoms with Crippen molar-refractivity contribution in [1.29, 1.82) is 0 Å². The molecule has 1 aromatic carbocycles. The Morgan fingerprint density at radius 2 is 2.28 bits per heavy atom. The first-order valence-corrected chi connectivity index (χ1v) is 6.54. The summed E-state index contributed by atoms with van der Waals surface area (Å²) in [5.41, 5.74) is 1.49. The van der Waals surface area contributed by atoms with Gasteiger partial charge >= 0.3 is 0 Å². The van der Waals surface area contributed by atoms with Gasteiger partial charge in [0.05, 0.1) is 16.4 Å². The second kappa shape index (κ2) is 5.63. The zero-order chi connectivity index (χ0) is 13.1. The summed E-state index contributed by atoms with van der Waals surface area (Å²) in [7, 11) is 0. The van der Waals surface area contributed by atoms with Crippen LogP contribution in [0.25, 0.3) is 0 Å². The molecular weight excluding hydrogens is 299 g/mol. The number of nitrogens with zero attached hydrogens (tertiary/aromatic N) is 2. The minimum Gasteiger partial charge on any atom is -0.386 e. The van der Waals surface area contributed by atoms with Crippen LogP contribution in [0.3, 0.4) is 0 Å². The van der Waals surface area contributed by atoms with Gasteiger partial charge in [-0.15, -0.1) is 0 Å². The lowest BCUT2D eigenvalue weighted by Gasteiger charge is -2.13. The molecule has 0 aliphatic heterocycles. The number of rotatable bonds is 4. The third kappa shape index (κ3) is 2.79. The first-order valence-electron chi connectivity index (χ1n) is 5.75. The Morgan fingerprint density at radius 1 is 1.50 bits per heavy atom. The van der Waals surface area contributed by atoms with Crippen LogP contribution in [0, 0.1) is 5.82 Å². The van der Waals surface area contributed by atoms with Crippen molar-refractivity contribution in [3.05, 3.63) is 52.0 Å². The summed E-state index contributed by atoms with van der Waals surface area (Å²) in [6, 6.07) is 6.27. The number of aliphatic hydroxyl groups is 1. The number of aliphatic hydroxyl groups excluding tert-OH is 1. The summed E-state index contributed by atoms with van der Waals surface area (Å²) in [5.74, 6) is -0.289. The summed E-state index contributed by atoms with van der Waals surface area (Å²) in [6.45, 7) is 2.64. The second-order valence-electron chi connectivity index (χ2n) is 4.04. The molecule has 5 heteroatoms. The van der Waals surface area contributed by atoms with Gasteiger partial charge in [-0.05, 0) is 40.5 Å². The highest BCUT2D eigenvalue weighted by Crippen LogP contribution is 2.26. The molecule has 1 heterocycles. The minimum absolute atomic E-state index is 0.289. The van der Waals surface area contributed by atoms with E-state index in [1.807, 2.05) is 6.92 Å². The number of hydrogen-bond donors (Lipinski definition) is 1. The van der Waals surface area contributed by atoms with Crippen molar-refractivity contribution >= 4 is 15.9 Å². The molecule has 2 aromatic rings. The summed E-state index contributed by atoms with van der Waals surface area (Å²) in [4.78, 5) is 0. The number of halogens is 2. The van der Waals surface area contributed by atoms with E-state index in [0.717, 1.165) is 15.7 Å². The van der Waals surface area contributed by atoms with E-state index in [-0.39, 0.29) is 5.82 Å². The predicted octanol–water partition coefficient (Wildman–Crippen LogP) is 3.08. The van der Waals surface area contributed by atoms with Crippen LogP contribution >= 0.6 is 15.9 Å². The smallest absolute Gasteiger partial charge is 0.123 e. The van der Waals surface area contributed by atoms with E-state index >= 15 is 0 Å². The molecular formula is C13H14BrFN2O. The van der Waals surface area contributed by atoms with Gasteiger partial charge in [-0.2, -0.15) is 5.10 Å². The van der Waals surface area contributed by atoms with Gasteiger partial charge in [-0.25, -0.2) is 4.39 Å².